The highest BCUT2D eigenvalue weighted by Gasteiger charge is 2.45. The van der Waals surface area contributed by atoms with E-state index in [1.54, 1.807) is 17.1 Å². The zero-order chi connectivity index (χ0) is 17.4. The van der Waals surface area contributed by atoms with Crippen molar-refractivity contribution in [3.05, 3.63) is 30.4 Å². The van der Waals surface area contributed by atoms with Crippen LogP contribution in [-0.2, 0) is 9.47 Å². The lowest BCUT2D eigenvalue weighted by Gasteiger charge is -2.48. The van der Waals surface area contributed by atoms with E-state index in [0.717, 1.165) is 25.7 Å². The zero-order valence-electron chi connectivity index (χ0n) is 15.1. The second-order valence-electron chi connectivity index (χ2n) is 8.15. The maximum absolute atomic E-state index is 6.41. The average Bonchev–Trinajstić information content (AvgIpc) is 3.02. The lowest BCUT2D eigenvalue weighted by Crippen LogP contribution is -2.46. The van der Waals surface area contributed by atoms with Crippen molar-refractivity contribution in [3.8, 4) is 0 Å². The number of thiocarbonyl (C=S) groups is 1. The van der Waals surface area contributed by atoms with Gasteiger partial charge in [-0.2, -0.15) is 0 Å². The quantitative estimate of drug-likeness (QED) is 0.582. The third-order valence-electron chi connectivity index (χ3n) is 5.16. The monoisotopic (exact) mass is 348 g/mol. The Kier molecular flexibility index (Phi) is 4.85. The number of ether oxygens (including phenoxy) is 2. The summed E-state index contributed by atoms with van der Waals surface area (Å²) in [6.45, 7) is 8.80. The molecule has 0 spiro atoms. The SMILES string of the molecule is CC(C)(C)O[C@H]1CCCC2=C[C@@H](OC(=S)n3ccnc3)CC[C@@]21C. The molecular weight excluding hydrogens is 320 g/mol. The highest BCUT2D eigenvalue weighted by molar-refractivity contribution is 7.80. The van der Waals surface area contributed by atoms with Gasteiger partial charge >= 0.3 is 0 Å². The molecule has 0 bridgehead atoms. The van der Waals surface area contributed by atoms with Gasteiger partial charge in [0.1, 0.15) is 12.4 Å². The Labute approximate surface area is 150 Å². The smallest absolute Gasteiger partial charge is 0.269 e. The molecular formula is C19H28N2O2S. The van der Waals surface area contributed by atoms with E-state index in [4.69, 9.17) is 21.7 Å². The number of imidazole rings is 1. The Balaban J connectivity index is 1.73. The highest BCUT2D eigenvalue weighted by atomic mass is 32.1. The summed E-state index contributed by atoms with van der Waals surface area (Å²) in [7, 11) is 0. The lowest BCUT2D eigenvalue weighted by atomic mass is 9.64. The molecule has 5 heteroatoms. The van der Waals surface area contributed by atoms with Crippen LogP contribution in [0.3, 0.4) is 0 Å². The molecule has 2 aliphatic rings. The Bertz CT molecular complexity index is 618. The third-order valence-corrected chi connectivity index (χ3v) is 5.46. The van der Waals surface area contributed by atoms with Crippen LogP contribution >= 0.6 is 12.2 Å². The van der Waals surface area contributed by atoms with Crippen LogP contribution in [0.2, 0.25) is 0 Å². The van der Waals surface area contributed by atoms with Crippen LogP contribution in [-0.4, -0.2) is 32.5 Å². The van der Waals surface area contributed by atoms with Crippen LogP contribution in [0.15, 0.2) is 30.4 Å². The molecule has 0 saturated heterocycles. The van der Waals surface area contributed by atoms with Crippen molar-refractivity contribution < 1.29 is 9.47 Å². The molecule has 24 heavy (non-hydrogen) atoms. The Morgan fingerprint density at radius 3 is 2.83 bits per heavy atom. The molecule has 3 rings (SSSR count). The fraction of sp³-hybridized carbons (Fsp3) is 0.684. The topological polar surface area (TPSA) is 36.3 Å². The van der Waals surface area contributed by atoms with Crippen molar-refractivity contribution >= 4 is 17.4 Å². The van der Waals surface area contributed by atoms with Crippen molar-refractivity contribution in [2.45, 2.75) is 77.6 Å². The summed E-state index contributed by atoms with van der Waals surface area (Å²) in [6.07, 6.45) is 13.4. The minimum absolute atomic E-state index is 0.0522. The third kappa shape index (κ3) is 3.72. The molecule has 0 radical (unpaired) electrons. The summed E-state index contributed by atoms with van der Waals surface area (Å²) in [4.78, 5) is 4.02. The molecule has 1 aromatic rings. The Hall–Kier alpha value is -1.20. The zero-order valence-corrected chi connectivity index (χ0v) is 15.9. The summed E-state index contributed by atoms with van der Waals surface area (Å²) in [6, 6.07) is 0. The van der Waals surface area contributed by atoms with E-state index in [1.165, 1.54) is 12.0 Å². The van der Waals surface area contributed by atoms with E-state index in [0.29, 0.717) is 11.3 Å². The van der Waals surface area contributed by atoms with Crippen molar-refractivity contribution in [3.63, 3.8) is 0 Å². The molecule has 1 fully saturated rings. The first-order valence-electron chi connectivity index (χ1n) is 8.86. The molecule has 0 unspecified atom stereocenters. The van der Waals surface area contributed by atoms with Crippen LogP contribution in [0, 0.1) is 5.41 Å². The van der Waals surface area contributed by atoms with Crippen molar-refractivity contribution in [1.82, 2.24) is 9.55 Å². The number of hydrogen-bond donors (Lipinski definition) is 0. The van der Waals surface area contributed by atoms with E-state index < -0.39 is 0 Å². The van der Waals surface area contributed by atoms with E-state index in [-0.39, 0.29) is 17.1 Å². The van der Waals surface area contributed by atoms with Crippen LogP contribution in [0.5, 0.6) is 0 Å². The van der Waals surface area contributed by atoms with Crippen LogP contribution in [0.1, 0.15) is 59.8 Å². The second-order valence-corrected chi connectivity index (χ2v) is 8.50. The standard InChI is InChI=1S/C19H28N2O2S/c1-18(2,3)23-16-7-5-6-14-12-15(8-9-19(14,16)4)22-17(24)21-11-10-20-13-21/h10-13,15-16H,5-9H2,1-4H3/t15-,16-,19-/m0/s1. The van der Waals surface area contributed by atoms with Crippen molar-refractivity contribution in [1.29, 1.82) is 0 Å². The molecule has 3 atom stereocenters. The fourth-order valence-corrected chi connectivity index (χ4v) is 4.13. The van der Waals surface area contributed by atoms with Gasteiger partial charge in [-0.1, -0.05) is 12.5 Å². The first-order valence-corrected chi connectivity index (χ1v) is 9.27. The van der Waals surface area contributed by atoms with Gasteiger partial charge in [0.25, 0.3) is 5.17 Å². The molecule has 0 amide bonds. The maximum atomic E-state index is 6.41. The highest BCUT2D eigenvalue weighted by Crippen LogP contribution is 2.49. The molecule has 0 aliphatic heterocycles. The van der Waals surface area contributed by atoms with Crippen LogP contribution in [0.4, 0.5) is 0 Å². The summed E-state index contributed by atoms with van der Waals surface area (Å²) < 4.78 is 14.2. The summed E-state index contributed by atoms with van der Waals surface area (Å²) in [5, 5.41) is 0.469. The Morgan fingerprint density at radius 1 is 1.38 bits per heavy atom. The van der Waals surface area contributed by atoms with Crippen LogP contribution < -0.4 is 0 Å². The van der Waals surface area contributed by atoms with E-state index >= 15 is 0 Å². The summed E-state index contributed by atoms with van der Waals surface area (Å²) in [5.74, 6) is 0. The van der Waals surface area contributed by atoms with E-state index in [2.05, 4.69) is 38.8 Å². The maximum Gasteiger partial charge on any atom is 0.269 e. The number of hydrogen-bond acceptors (Lipinski definition) is 4. The average molecular weight is 349 g/mol. The number of rotatable bonds is 2. The van der Waals surface area contributed by atoms with E-state index in [9.17, 15) is 0 Å². The predicted octanol–water partition coefficient (Wildman–Crippen LogP) is 4.50. The molecule has 1 heterocycles. The summed E-state index contributed by atoms with van der Waals surface area (Å²) in [5.41, 5.74) is 1.50. The van der Waals surface area contributed by atoms with Gasteiger partial charge in [-0.3, -0.25) is 4.57 Å². The van der Waals surface area contributed by atoms with Gasteiger partial charge in [0.15, 0.2) is 0 Å². The van der Waals surface area contributed by atoms with E-state index in [1.807, 2.05) is 6.20 Å². The molecule has 0 N–H and O–H groups in total. The second kappa shape index (κ2) is 6.60. The molecule has 2 aliphatic carbocycles. The van der Waals surface area contributed by atoms with Crippen molar-refractivity contribution in [2.75, 3.05) is 0 Å². The number of nitrogens with zero attached hydrogens (tertiary/aromatic N) is 2. The normalized spacial score (nSPS) is 30.4. The van der Waals surface area contributed by atoms with Gasteiger partial charge in [0.05, 0.1) is 11.7 Å². The van der Waals surface area contributed by atoms with Gasteiger partial charge < -0.3 is 9.47 Å². The molecule has 132 valence electrons. The fourth-order valence-electron chi connectivity index (χ4n) is 3.90. The van der Waals surface area contributed by atoms with Crippen molar-refractivity contribution in [2.24, 2.45) is 5.41 Å². The molecule has 4 nitrogen and oxygen atoms in total. The first kappa shape index (κ1) is 17.6. The number of fused-ring (bicyclic) bond motifs is 1. The summed E-state index contributed by atoms with van der Waals surface area (Å²) >= 11 is 5.37. The first-order chi connectivity index (χ1) is 11.3. The lowest BCUT2D eigenvalue weighted by molar-refractivity contribution is -0.120. The molecule has 0 aromatic carbocycles. The number of aromatic nitrogens is 2. The van der Waals surface area contributed by atoms with Gasteiger partial charge in [-0.25, -0.2) is 4.98 Å². The molecule has 1 saturated carbocycles. The molecule has 1 aromatic heterocycles. The van der Waals surface area contributed by atoms with Gasteiger partial charge in [-0.05, 0) is 71.2 Å². The van der Waals surface area contributed by atoms with Gasteiger partial charge in [-0.15, -0.1) is 0 Å². The largest absolute Gasteiger partial charge is 0.463 e. The van der Waals surface area contributed by atoms with Crippen LogP contribution in [0.25, 0.3) is 0 Å². The Morgan fingerprint density at radius 2 is 2.17 bits per heavy atom. The minimum Gasteiger partial charge on any atom is -0.463 e. The van der Waals surface area contributed by atoms with Gasteiger partial charge in [0, 0.05) is 17.8 Å². The minimum atomic E-state index is -0.105. The van der Waals surface area contributed by atoms with Gasteiger partial charge in [0.2, 0.25) is 0 Å². The predicted molar refractivity (Wildman–Crippen MR) is 99.0 cm³/mol.